The first-order valence-corrected chi connectivity index (χ1v) is 8.31. The molecule has 0 spiro atoms. The second kappa shape index (κ2) is 7.45. The highest BCUT2D eigenvalue weighted by molar-refractivity contribution is 5.96. The molecule has 1 fully saturated rings. The number of nitro benzene ring substituents is 1. The van der Waals surface area contributed by atoms with Crippen LogP contribution >= 0.6 is 0 Å². The molecule has 0 saturated carbocycles. The number of carboxylic acid groups (broad SMARTS) is 1. The molecule has 0 aliphatic carbocycles. The number of amides is 1. The highest BCUT2D eigenvalue weighted by atomic mass is 16.6. The van der Waals surface area contributed by atoms with Gasteiger partial charge in [0.2, 0.25) is 0 Å². The average Bonchev–Trinajstić information content (AvgIpc) is 3.13. The molecule has 0 aromatic heterocycles. The van der Waals surface area contributed by atoms with Gasteiger partial charge in [0, 0.05) is 36.7 Å². The standard InChI is InChI=1S/C19H18N2O6/c1-27-17-9-13(7-8-16(17)21(25)26)18(22)20-10-14(15(11-20)19(23)24)12-5-3-2-4-6-12/h2-9,14-15H,10-11H2,1H3,(H,23,24). The van der Waals surface area contributed by atoms with E-state index in [-0.39, 0.29) is 41.9 Å². The van der Waals surface area contributed by atoms with Crippen LogP contribution in [0.15, 0.2) is 48.5 Å². The van der Waals surface area contributed by atoms with E-state index in [4.69, 9.17) is 4.74 Å². The van der Waals surface area contributed by atoms with Crippen molar-refractivity contribution in [1.29, 1.82) is 0 Å². The Kier molecular flexibility index (Phi) is 5.07. The number of methoxy groups -OCH3 is 1. The molecule has 1 aliphatic heterocycles. The van der Waals surface area contributed by atoms with Crippen LogP contribution in [0.3, 0.4) is 0 Å². The molecule has 2 aromatic carbocycles. The number of nitrogens with zero attached hydrogens (tertiary/aromatic N) is 2. The quantitative estimate of drug-likeness (QED) is 0.640. The van der Waals surface area contributed by atoms with E-state index >= 15 is 0 Å². The summed E-state index contributed by atoms with van der Waals surface area (Å²) in [5.41, 5.74) is 0.845. The van der Waals surface area contributed by atoms with Gasteiger partial charge in [-0.3, -0.25) is 19.7 Å². The average molecular weight is 370 g/mol. The molecular weight excluding hydrogens is 352 g/mol. The van der Waals surface area contributed by atoms with Gasteiger partial charge >= 0.3 is 11.7 Å². The molecule has 1 heterocycles. The van der Waals surface area contributed by atoms with Crippen LogP contribution in [0.1, 0.15) is 21.8 Å². The smallest absolute Gasteiger partial charge is 0.310 e. The number of carbonyl (C=O) groups excluding carboxylic acids is 1. The van der Waals surface area contributed by atoms with E-state index in [1.807, 2.05) is 30.3 Å². The van der Waals surface area contributed by atoms with Crippen molar-refractivity contribution in [2.45, 2.75) is 5.92 Å². The lowest BCUT2D eigenvalue weighted by molar-refractivity contribution is -0.385. The van der Waals surface area contributed by atoms with E-state index in [0.717, 1.165) is 5.56 Å². The second-order valence-electron chi connectivity index (χ2n) is 6.32. The molecule has 27 heavy (non-hydrogen) atoms. The summed E-state index contributed by atoms with van der Waals surface area (Å²) in [5.74, 6) is -2.38. The Morgan fingerprint density at radius 3 is 2.48 bits per heavy atom. The van der Waals surface area contributed by atoms with Gasteiger partial charge in [-0.2, -0.15) is 0 Å². The van der Waals surface area contributed by atoms with Crippen LogP contribution in [0, 0.1) is 16.0 Å². The lowest BCUT2D eigenvalue weighted by atomic mass is 9.89. The Morgan fingerprint density at radius 1 is 1.19 bits per heavy atom. The van der Waals surface area contributed by atoms with E-state index < -0.39 is 16.8 Å². The molecule has 1 N–H and O–H groups in total. The normalized spacial score (nSPS) is 18.9. The van der Waals surface area contributed by atoms with Crippen molar-refractivity contribution in [3.8, 4) is 5.75 Å². The van der Waals surface area contributed by atoms with Crippen molar-refractivity contribution in [2.75, 3.05) is 20.2 Å². The number of benzene rings is 2. The maximum atomic E-state index is 12.8. The summed E-state index contributed by atoms with van der Waals surface area (Å²) >= 11 is 0. The van der Waals surface area contributed by atoms with Gasteiger partial charge in [0.1, 0.15) is 0 Å². The van der Waals surface area contributed by atoms with E-state index in [0.29, 0.717) is 0 Å². The van der Waals surface area contributed by atoms with Gasteiger partial charge in [-0.1, -0.05) is 30.3 Å². The molecule has 0 radical (unpaired) electrons. The first kappa shape index (κ1) is 18.4. The second-order valence-corrected chi connectivity index (χ2v) is 6.32. The highest BCUT2D eigenvalue weighted by Gasteiger charge is 2.40. The number of likely N-dealkylation sites (tertiary alicyclic amines) is 1. The Hall–Kier alpha value is -3.42. The van der Waals surface area contributed by atoms with Crippen LogP contribution in [-0.2, 0) is 4.79 Å². The third-order valence-electron chi connectivity index (χ3n) is 4.78. The van der Waals surface area contributed by atoms with E-state index in [2.05, 4.69) is 0 Å². The number of nitro groups is 1. The zero-order valence-corrected chi connectivity index (χ0v) is 14.6. The van der Waals surface area contributed by atoms with Crippen molar-refractivity contribution in [2.24, 2.45) is 5.92 Å². The van der Waals surface area contributed by atoms with Crippen LogP contribution in [-0.4, -0.2) is 47.0 Å². The fourth-order valence-electron chi connectivity index (χ4n) is 3.40. The van der Waals surface area contributed by atoms with Crippen molar-refractivity contribution in [3.05, 3.63) is 69.8 Å². The van der Waals surface area contributed by atoms with Gasteiger partial charge in [0.25, 0.3) is 5.91 Å². The minimum absolute atomic E-state index is 0.0144. The summed E-state index contributed by atoms with van der Waals surface area (Å²) in [6.07, 6.45) is 0. The Balaban J connectivity index is 1.87. The predicted molar refractivity (Wildman–Crippen MR) is 95.9 cm³/mol. The summed E-state index contributed by atoms with van der Waals surface area (Å²) in [6, 6.07) is 13.1. The van der Waals surface area contributed by atoms with E-state index in [9.17, 15) is 24.8 Å². The van der Waals surface area contributed by atoms with Gasteiger partial charge in [0.15, 0.2) is 5.75 Å². The summed E-state index contributed by atoms with van der Waals surface area (Å²) in [6.45, 7) is 0.339. The molecule has 8 heteroatoms. The number of carboxylic acids is 1. The van der Waals surface area contributed by atoms with Crippen molar-refractivity contribution >= 4 is 17.6 Å². The summed E-state index contributed by atoms with van der Waals surface area (Å²) in [4.78, 5) is 36.4. The van der Waals surface area contributed by atoms with E-state index in [1.165, 1.54) is 30.2 Å². The van der Waals surface area contributed by atoms with Gasteiger partial charge in [0.05, 0.1) is 18.0 Å². The third kappa shape index (κ3) is 3.59. The van der Waals surface area contributed by atoms with Gasteiger partial charge < -0.3 is 14.7 Å². The van der Waals surface area contributed by atoms with Crippen LogP contribution < -0.4 is 4.74 Å². The molecule has 3 rings (SSSR count). The SMILES string of the molecule is COc1cc(C(=O)N2CC(C(=O)O)C(c3ccccc3)C2)ccc1[N+](=O)[O-]. The zero-order valence-electron chi connectivity index (χ0n) is 14.6. The Morgan fingerprint density at radius 2 is 1.89 bits per heavy atom. The van der Waals surface area contributed by atoms with Crippen LogP contribution in [0.4, 0.5) is 5.69 Å². The first-order valence-electron chi connectivity index (χ1n) is 8.31. The minimum Gasteiger partial charge on any atom is -0.490 e. The lowest BCUT2D eigenvalue weighted by Crippen LogP contribution is -2.29. The summed E-state index contributed by atoms with van der Waals surface area (Å²) < 4.78 is 5.00. The predicted octanol–water partition coefficient (Wildman–Crippen LogP) is 2.54. The molecule has 140 valence electrons. The molecule has 2 atom stereocenters. The zero-order chi connectivity index (χ0) is 19.6. The molecule has 8 nitrogen and oxygen atoms in total. The number of carbonyl (C=O) groups is 2. The maximum Gasteiger partial charge on any atom is 0.310 e. The van der Waals surface area contributed by atoms with Crippen LogP contribution in [0.5, 0.6) is 5.75 Å². The molecule has 0 bridgehead atoms. The van der Waals surface area contributed by atoms with Gasteiger partial charge in [-0.25, -0.2) is 0 Å². The third-order valence-corrected chi connectivity index (χ3v) is 4.78. The number of aliphatic carboxylic acids is 1. The lowest BCUT2D eigenvalue weighted by Gasteiger charge is -2.17. The molecule has 1 saturated heterocycles. The van der Waals surface area contributed by atoms with Gasteiger partial charge in [-0.15, -0.1) is 0 Å². The van der Waals surface area contributed by atoms with Crippen molar-refractivity contribution < 1.29 is 24.4 Å². The minimum atomic E-state index is -0.958. The highest BCUT2D eigenvalue weighted by Crippen LogP contribution is 2.34. The van der Waals surface area contributed by atoms with Crippen LogP contribution in [0.2, 0.25) is 0 Å². The number of rotatable bonds is 5. The molecule has 1 amide bonds. The van der Waals surface area contributed by atoms with Crippen LogP contribution in [0.25, 0.3) is 0 Å². The van der Waals surface area contributed by atoms with Gasteiger partial charge in [-0.05, 0) is 11.6 Å². The number of ether oxygens (including phenoxy) is 1. The Labute approximate surface area is 155 Å². The largest absolute Gasteiger partial charge is 0.490 e. The van der Waals surface area contributed by atoms with Crippen molar-refractivity contribution in [3.63, 3.8) is 0 Å². The first-order chi connectivity index (χ1) is 12.9. The molecule has 1 aliphatic rings. The fraction of sp³-hybridized carbons (Fsp3) is 0.263. The molecule has 2 aromatic rings. The van der Waals surface area contributed by atoms with E-state index in [1.54, 1.807) is 0 Å². The summed E-state index contributed by atoms with van der Waals surface area (Å²) in [5, 5.41) is 20.6. The maximum absolute atomic E-state index is 12.8. The number of hydrogen-bond donors (Lipinski definition) is 1. The number of hydrogen-bond acceptors (Lipinski definition) is 5. The molecule has 2 unspecified atom stereocenters. The fourth-order valence-corrected chi connectivity index (χ4v) is 3.40. The summed E-state index contributed by atoms with van der Waals surface area (Å²) in [7, 11) is 1.29. The monoisotopic (exact) mass is 370 g/mol. The topological polar surface area (TPSA) is 110 Å². The Bertz CT molecular complexity index is 883. The van der Waals surface area contributed by atoms with Crippen molar-refractivity contribution in [1.82, 2.24) is 4.90 Å². The molecular formula is C19H18N2O6.